The normalized spacial score (nSPS) is 16.4. The van der Waals surface area contributed by atoms with Gasteiger partial charge in [-0.2, -0.15) is 0 Å². The number of nitrogens with one attached hydrogen (secondary N) is 2. The van der Waals surface area contributed by atoms with Gasteiger partial charge in [-0.25, -0.2) is 0 Å². The van der Waals surface area contributed by atoms with Crippen molar-refractivity contribution in [2.45, 2.75) is 25.7 Å². The third kappa shape index (κ3) is 3.94. The number of fused-ring (bicyclic) bond motifs is 1. The van der Waals surface area contributed by atoms with E-state index in [0.717, 1.165) is 49.5 Å². The summed E-state index contributed by atoms with van der Waals surface area (Å²) in [5, 5.41) is 7.48. The summed E-state index contributed by atoms with van der Waals surface area (Å²) in [5.41, 5.74) is 0.883. The fraction of sp³-hybridized carbons (Fsp3) is 0.381. The molecule has 0 spiro atoms. The lowest BCUT2D eigenvalue weighted by Gasteiger charge is -2.16. The molecule has 1 heterocycles. The number of amides is 3. The first-order chi connectivity index (χ1) is 13.1. The second-order valence-electron chi connectivity index (χ2n) is 7.28. The number of benzene rings is 2. The van der Waals surface area contributed by atoms with Crippen LogP contribution >= 0.6 is 0 Å². The van der Waals surface area contributed by atoms with E-state index in [1.165, 1.54) is 0 Å². The summed E-state index contributed by atoms with van der Waals surface area (Å²) >= 11 is 0. The minimum Gasteiger partial charge on any atom is -0.343 e. The van der Waals surface area contributed by atoms with E-state index in [9.17, 15) is 14.4 Å². The molecule has 2 aliphatic rings. The predicted octanol–water partition coefficient (Wildman–Crippen LogP) is 2.54. The number of likely N-dealkylation sites (tertiary alicyclic amines) is 1. The van der Waals surface area contributed by atoms with Crippen molar-refractivity contribution >= 4 is 34.2 Å². The van der Waals surface area contributed by atoms with Crippen LogP contribution in [0, 0.1) is 5.92 Å². The number of hydrogen-bond donors (Lipinski definition) is 2. The Kier molecular flexibility index (Phi) is 4.79. The van der Waals surface area contributed by atoms with Gasteiger partial charge in [-0.15, -0.1) is 0 Å². The molecule has 6 nitrogen and oxygen atoms in total. The van der Waals surface area contributed by atoms with Crippen LogP contribution in [0.2, 0.25) is 0 Å². The Morgan fingerprint density at radius 3 is 2.33 bits per heavy atom. The highest BCUT2D eigenvalue weighted by molar-refractivity contribution is 6.08. The fourth-order valence-electron chi connectivity index (χ4n) is 3.44. The summed E-state index contributed by atoms with van der Waals surface area (Å²) < 4.78 is 0. The van der Waals surface area contributed by atoms with Crippen LogP contribution in [-0.4, -0.2) is 42.3 Å². The topological polar surface area (TPSA) is 78.5 Å². The third-order valence-corrected chi connectivity index (χ3v) is 5.20. The van der Waals surface area contributed by atoms with E-state index in [4.69, 9.17) is 0 Å². The molecule has 4 rings (SSSR count). The fourth-order valence-corrected chi connectivity index (χ4v) is 3.44. The van der Waals surface area contributed by atoms with Crippen LogP contribution < -0.4 is 10.6 Å². The number of carbonyl (C=O) groups excluding carboxylic acids is 3. The molecule has 2 N–H and O–H groups in total. The standard InChI is InChI=1S/C21H23N3O3/c25-19(24-9-3-4-10-24)13-22-21(27)17-11-15-5-1-2-6-16(15)12-18(17)23-20(26)14-7-8-14/h1-2,5-6,11-12,14H,3-4,7-10,13H2,(H,22,27)(H,23,26). The molecule has 0 unspecified atom stereocenters. The zero-order valence-corrected chi connectivity index (χ0v) is 15.2. The molecule has 2 fully saturated rings. The molecular weight excluding hydrogens is 342 g/mol. The van der Waals surface area contributed by atoms with Crippen LogP contribution in [0.3, 0.4) is 0 Å². The van der Waals surface area contributed by atoms with Gasteiger partial charge in [-0.05, 0) is 48.6 Å². The second-order valence-corrected chi connectivity index (χ2v) is 7.28. The van der Waals surface area contributed by atoms with Gasteiger partial charge < -0.3 is 15.5 Å². The minimum atomic E-state index is -0.348. The summed E-state index contributed by atoms with van der Waals surface area (Å²) in [4.78, 5) is 39.0. The lowest BCUT2D eigenvalue weighted by Crippen LogP contribution is -2.38. The van der Waals surface area contributed by atoms with Crippen molar-refractivity contribution in [2.24, 2.45) is 5.92 Å². The molecule has 1 aliphatic heterocycles. The lowest BCUT2D eigenvalue weighted by molar-refractivity contribution is -0.129. The Bertz CT molecular complexity index is 899. The first-order valence-corrected chi connectivity index (χ1v) is 9.51. The maximum atomic E-state index is 12.8. The van der Waals surface area contributed by atoms with Gasteiger partial charge in [-0.1, -0.05) is 24.3 Å². The molecule has 3 amide bonds. The van der Waals surface area contributed by atoms with E-state index in [-0.39, 0.29) is 30.2 Å². The highest BCUT2D eigenvalue weighted by Crippen LogP contribution is 2.32. The number of hydrogen-bond acceptors (Lipinski definition) is 3. The average molecular weight is 365 g/mol. The van der Waals surface area contributed by atoms with Crippen LogP contribution in [0.5, 0.6) is 0 Å². The van der Waals surface area contributed by atoms with Crippen molar-refractivity contribution in [3.05, 3.63) is 42.0 Å². The number of carbonyl (C=O) groups is 3. The van der Waals surface area contributed by atoms with Gasteiger partial charge >= 0.3 is 0 Å². The highest BCUT2D eigenvalue weighted by Gasteiger charge is 2.30. The zero-order valence-electron chi connectivity index (χ0n) is 15.2. The van der Waals surface area contributed by atoms with E-state index in [2.05, 4.69) is 10.6 Å². The van der Waals surface area contributed by atoms with Gasteiger partial charge in [0.05, 0.1) is 17.8 Å². The van der Waals surface area contributed by atoms with E-state index < -0.39 is 0 Å². The van der Waals surface area contributed by atoms with Crippen molar-refractivity contribution < 1.29 is 14.4 Å². The summed E-state index contributed by atoms with van der Waals surface area (Å²) in [6, 6.07) is 11.3. The van der Waals surface area contributed by atoms with Crippen LogP contribution in [0.1, 0.15) is 36.0 Å². The zero-order chi connectivity index (χ0) is 18.8. The van der Waals surface area contributed by atoms with Gasteiger partial charge in [0.1, 0.15) is 0 Å². The lowest BCUT2D eigenvalue weighted by atomic mass is 10.0. The molecule has 2 aromatic rings. The number of anilines is 1. The summed E-state index contributed by atoms with van der Waals surface area (Å²) in [6.45, 7) is 1.49. The molecule has 0 bridgehead atoms. The predicted molar refractivity (Wildman–Crippen MR) is 103 cm³/mol. The molecule has 1 aliphatic carbocycles. The summed E-state index contributed by atoms with van der Waals surface area (Å²) in [5.74, 6) is -0.416. The van der Waals surface area contributed by atoms with Gasteiger partial charge in [0.2, 0.25) is 11.8 Å². The number of rotatable bonds is 5. The van der Waals surface area contributed by atoms with Gasteiger partial charge in [-0.3, -0.25) is 14.4 Å². The quantitative estimate of drug-likeness (QED) is 0.855. The van der Waals surface area contributed by atoms with E-state index in [0.29, 0.717) is 11.3 Å². The second kappa shape index (κ2) is 7.39. The van der Waals surface area contributed by atoms with Crippen LogP contribution in [0.15, 0.2) is 36.4 Å². The van der Waals surface area contributed by atoms with Crippen molar-refractivity contribution in [1.82, 2.24) is 10.2 Å². The molecule has 0 atom stereocenters. The monoisotopic (exact) mass is 365 g/mol. The van der Waals surface area contributed by atoms with Crippen molar-refractivity contribution in [2.75, 3.05) is 25.0 Å². The first kappa shape index (κ1) is 17.5. The van der Waals surface area contributed by atoms with Crippen molar-refractivity contribution in [3.63, 3.8) is 0 Å². The Labute approximate surface area is 157 Å². The van der Waals surface area contributed by atoms with Crippen LogP contribution in [-0.2, 0) is 9.59 Å². The molecule has 0 radical (unpaired) electrons. The summed E-state index contributed by atoms with van der Waals surface area (Å²) in [6.07, 6.45) is 3.82. The first-order valence-electron chi connectivity index (χ1n) is 9.51. The van der Waals surface area contributed by atoms with E-state index >= 15 is 0 Å². The Morgan fingerprint density at radius 1 is 1.00 bits per heavy atom. The van der Waals surface area contributed by atoms with Crippen molar-refractivity contribution in [1.29, 1.82) is 0 Å². The molecule has 0 aromatic heterocycles. The smallest absolute Gasteiger partial charge is 0.253 e. The molecule has 27 heavy (non-hydrogen) atoms. The van der Waals surface area contributed by atoms with Crippen LogP contribution in [0.4, 0.5) is 5.69 Å². The minimum absolute atomic E-state index is 0.0261. The van der Waals surface area contributed by atoms with Gasteiger partial charge in [0, 0.05) is 19.0 Å². The molecule has 6 heteroatoms. The molecule has 2 aromatic carbocycles. The van der Waals surface area contributed by atoms with Gasteiger partial charge in [0.25, 0.3) is 5.91 Å². The number of nitrogens with zero attached hydrogens (tertiary/aromatic N) is 1. The Hall–Kier alpha value is -2.89. The molecule has 1 saturated carbocycles. The van der Waals surface area contributed by atoms with Crippen molar-refractivity contribution in [3.8, 4) is 0 Å². The maximum Gasteiger partial charge on any atom is 0.253 e. The average Bonchev–Trinajstić information content (AvgIpc) is 3.39. The Balaban J connectivity index is 1.54. The highest BCUT2D eigenvalue weighted by atomic mass is 16.2. The molecule has 1 saturated heterocycles. The Morgan fingerprint density at radius 2 is 1.67 bits per heavy atom. The van der Waals surface area contributed by atoms with E-state index in [1.807, 2.05) is 30.3 Å². The van der Waals surface area contributed by atoms with Gasteiger partial charge in [0.15, 0.2) is 0 Å². The summed E-state index contributed by atoms with van der Waals surface area (Å²) in [7, 11) is 0. The largest absolute Gasteiger partial charge is 0.343 e. The van der Waals surface area contributed by atoms with E-state index in [1.54, 1.807) is 11.0 Å². The maximum absolute atomic E-state index is 12.8. The third-order valence-electron chi connectivity index (χ3n) is 5.20. The molecule has 140 valence electrons. The SMILES string of the molecule is O=C(NCC(=O)N1CCCC1)c1cc2ccccc2cc1NC(=O)C1CC1. The molecular formula is C21H23N3O3. The van der Waals surface area contributed by atoms with Crippen LogP contribution in [0.25, 0.3) is 10.8 Å².